The molecule has 0 bridgehead atoms. The molecule has 1 amide bonds. The molecule has 2 N–H and O–H groups in total. The molecule has 1 aliphatic heterocycles. The van der Waals surface area contributed by atoms with Crippen LogP contribution in [0.4, 0.5) is 5.69 Å². The fourth-order valence-corrected chi connectivity index (χ4v) is 5.14. The predicted molar refractivity (Wildman–Crippen MR) is 113 cm³/mol. The number of sulfonamides is 1. The predicted octanol–water partition coefficient (Wildman–Crippen LogP) is 3.97. The summed E-state index contributed by atoms with van der Waals surface area (Å²) in [5, 5.41) is 14.7. The van der Waals surface area contributed by atoms with Crippen LogP contribution in [-0.2, 0) is 10.0 Å². The van der Waals surface area contributed by atoms with Gasteiger partial charge in [-0.3, -0.25) is 4.79 Å². The fourth-order valence-electron chi connectivity index (χ4n) is 3.57. The van der Waals surface area contributed by atoms with Crippen molar-refractivity contribution in [2.75, 3.05) is 18.4 Å². The van der Waals surface area contributed by atoms with Crippen LogP contribution in [0.3, 0.4) is 0 Å². The van der Waals surface area contributed by atoms with E-state index in [1.807, 2.05) is 24.3 Å². The normalized spacial score (nSPS) is 15.3. The van der Waals surface area contributed by atoms with E-state index in [1.54, 1.807) is 24.3 Å². The highest BCUT2D eigenvalue weighted by molar-refractivity contribution is 7.89. The Kier molecular flexibility index (Phi) is 5.25. The molecule has 3 aromatic carbocycles. The number of fused-ring (bicyclic) bond motifs is 1. The molecule has 1 aliphatic rings. The number of hydrogen-bond donors (Lipinski definition) is 2. The summed E-state index contributed by atoms with van der Waals surface area (Å²) in [7, 11) is -3.62. The number of benzene rings is 3. The number of phenolic OH excluding ortho intramolecular Hbond substituents is 1. The van der Waals surface area contributed by atoms with Gasteiger partial charge in [0.05, 0.1) is 10.6 Å². The van der Waals surface area contributed by atoms with Gasteiger partial charge in [0.1, 0.15) is 5.75 Å². The van der Waals surface area contributed by atoms with Crippen molar-refractivity contribution in [1.29, 1.82) is 0 Å². The molecule has 0 saturated carbocycles. The molecule has 4 rings (SSSR count). The van der Waals surface area contributed by atoms with Gasteiger partial charge in [-0.15, -0.1) is 0 Å². The highest BCUT2D eigenvalue weighted by atomic mass is 32.2. The van der Waals surface area contributed by atoms with Crippen LogP contribution in [0.25, 0.3) is 10.8 Å². The first-order chi connectivity index (χ1) is 13.9. The van der Waals surface area contributed by atoms with E-state index in [-0.39, 0.29) is 21.9 Å². The molecule has 29 heavy (non-hydrogen) atoms. The van der Waals surface area contributed by atoms with Gasteiger partial charge in [0.15, 0.2) is 0 Å². The molecule has 0 aliphatic carbocycles. The molecule has 0 spiro atoms. The molecule has 0 atom stereocenters. The Bertz CT molecular complexity index is 1170. The lowest BCUT2D eigenvalue weighted by Gasteiger charge is -2.26. The summed E-state index contributed by atoms with van der Waals surface area (Å²) >= 11 is 0. The van der Waals surface area contributed by atoms with Crippen LogP contribution >= 0.6 is 0 Å². The van der Waals surface area contributed by atoms with Crippen molar-refractivity contribution >= 4 is 32.4 Å². The van der Waals surface area contributed by atoms with Gasteiger partial charge in [-0.1, -0.05) is 36.8 Å². The molecule has 1 saturated heterocycles. The minimum atomic E-state index is -3.62. The molecule has 0 aromatic heterocycles. The van der Waals surface area contributed by atoms with Gasteiger partial charge in [-0.05, 0) is 53.9 Å². The smallest absolute Gasteiger partial charge is 0.255 e. The van der Waals surface area contributed by atoms with Gasteiger partial charge in [-0.2, -0.15) is 4.31 Å². The van der Waals surface area contributed by atoms with Gasteiger partial charge in [-0.25, -0.2) is 8.42 Å². The Morgan fingerprint density at radius 2 is 1.59 bits per heavy atom. The van der Waals surface area contributed by atoms with E-state index in [0.717, 1.165) is 30.0 Å². The highest BCUT2D eigenvalue weighted by Gasteiger charge is 2.26. The molecular formula is C22H22N2O4S. The average Bonchev–Trinajstić information content (AvgIpc) is 2.75. The Balaban J connectivity index is 1.60. The van der Waals surface area contributed by atoms with Gasteiger partial charge in [0, 0.05) is 18.7 Å². The first-order valence-corrected chi connectivity index (χ1v) is 11.0. The molecule has 0 radical (unpaired) electrons. The second-order valence-electron chi connectivity index (χ2n) is 7.16. The lowest BCUT2D eigenvalue weighted by atomic mass is 10.1. The standard InChI is InChI=1S/C22H22N2O4S/c25-21-15-17-8-3-2-7-16(17)14-20(21)23-22(26)18-9-6-10-19(13-18)29(27,28)24-11-4-1-5-12-24/h2-3,6-10,13-15,25H,1,4-5,11-12H2,(H,23,26). The lowest BCUT2D eigenvalue weighted by molar-refractivity contribution is 0.102. The van der Waals surface area contributed by atoms with Crippen LogP contribution in [-0.4, -0.2) is 36.8 Å². The van der Waals surface area contributed by atoms with Gasteiger partial charge >= 0.3 is 0 Å². The second-order valence-corrected chi connectivity index (χ2v) is 9.10. The second kappa shape index (κ2) is 7.85. The zero-order chi connectivity index (χ0) is 20.4. The highest BCUT2D eigenvalue weighted by Crippen LogP contribution is 2.30. The van der Waals surface area contributed by atoms with Crippen molar-refractivity contribution in [3.8, 4) is 5.75 Å². The number of nitrogens with zero attached hydrogens (tertiary/aromatic N) is 1. The molecular weight excluding hydrogens is 388 g/mol. The number of anilines is 1. The molecule has 3 aromatic rings. The first-order valence-electron chi connectivity index (χ1n) is 9.58. The molecule has 0 unspecified atom stereocenters. The van der Waals surface area contributed by atoms with Crippen molar-refractivity contribution in [3.05, 3.63) is 66.2 Å². The van der Waals surface area contributed by atoms with E-state index in [2.05, 4.69) is 5.32 Å². The van der Waals surface area contributed by atoms with Crippen molar-refractivity contribution in [2.45, 2.75) is 24.2 Å². The van der Waals surface area contributed by atoms with Crippen molar-refractivity contribution in [1.82, 2.24) is 4.31 Å². The van der Waals surface area contributed by atoms with E-state index >= 15 is 0 Å². The molecule has 7 heteroatoms. The lowest BCUT2D eigenvalue weighted by Crippen LogP contribution is -2.35. The molecule has 1 heterocycles. The number of phenols is 1. The number of rotatable bonds is 4. The summed E-state index contributed by atoms with van der Waals surface area (Å²) in [5.74, 6) is -0.527. The van der Waals surface area contributed by atoms with Gasteiger partial charge in [0.25, 0.3) is 5.91 Å². The van der Waals surface area contributed by atoms with Gasteiger partial charge in [0.2, 0.25) is 10.0 Å². The number of carbonyl (C=O) groups excluding carboxylic acids is 1. The van der Waals surface area contributed by atoms with Crippen LogP contribution in [0.5, 0.6) is 5.75 Å². The maximum Gasteiger partial charge on any atom is 0.255 e. The summed E-state index contributed by atoms with van der Waals surface area (Å²) in [6.45, 7) is 1.01. The number of hydrogen-bond acceptors (Lipinski definition) is 4. The average molecular weight is 410 g/mol. The van der Waals surface area contributed by atoms with Crippen molar-refractivity contribution in [2.24, 2.45) is 0 Å². The quantitative estimate of drug-likeness (QED) is 0.637. The summed E-state index contributed by atoms with van der Waals surface area (Å²) < 4.78 is 27.2. The summed E-state index contributed by atoms with van der Waals surface area (Å²) in [4.78, 5) is 12.8. The number of piperidine rings is 1. The van der Waals surface area contributed by atoms with Crippen LogP contribution in [0.2, 0.25) is 0 Å². The Morgan fingerprint density at radius 3 is 2.31 bits per heavy atom. The zero-order valence-corrected chi connectivity index (χ0v) is 16.7. The topological polar surface area (TPSA) is 86.7 Å². The van der Waals surface area contributed by atoms with Crippen LogP contribution < -0.4 is 5.32 Å². The summed E-state index contributed by atoms with van der Waals surface area (Å²) in [5.41, 5.74) is 0.494. The monoisotopic (exact) mass is 410 g/mol. The summed E-state index contributed by atoms with van der Waals surface area (Å²) in [6, 6.07) is 16.8. The largest absolute Gasteiger partial charge is 0.506 e. The third kappa shape index (κ3) is 3.97. The van der Waals surface area contributed by atoms with Crippen LogP contribution in [0.1, 0.15) is 29.6 Å². The Hall–Kier alpha value is -2.90. The Morgan fingerprint density at radius 1 is 0.897 bits per heavy atom. The van der Waals surface area contributed by atoms with Crippen molar-refractivity contribution < 1.29 is 18.3 Å². The van der Waals surface area contributed by atoms with E-state index in [0.29, 0.717) is 13.1 Å². The minimum absolute atomic E-state index is 0.0471. The first kappa shape index (κ1) is 19.4. The maximum absolute atomic E-state index is 12.9. The van der Waals surface area contributed by atoms with Gasteiger partial charge < -0.3 is 10.4 Å². The third-order valence-corrected chi connectivity index (χ3v) is 7.06. The van der Waals surface area contributed by atoms with E-state index < -0.39 is 15.9 Å². The minimum Gasteiger partial charge on any atom is -0.506 e. The van der Waals surface area contributed by atoms with E-state index in [1.165, 1.54) is 16.4 Å². The number of amides is 1. The number of aromatic hydroxyl groups is 1. The van der Waals surface area contributed by atoms with E-state index in [4.69, 9.17) is 0 Å². The van der Waals surface area contributed by atoms with Crippen molar-refractivity contribution in [3.63, 3.8) is 0 Å². The number of nitrogens with one attached hydrogen (secondary N) is 1. The maximum atomic E-state index is 12.9. The third-order valence-electron chi connectivity index (χ3n) is 5.16. The molecule has 1 fully saturated rings. The molecule has 6 nitrogen and oxygen atoms in total. The SMILES string of the molecule is O=C(Nc1cc2ccccc2cc1O)c1cccc(S(=O)(=O)N2CCCCC2)c1. The van der Waals surface area contributed by atoms with Crippen LogP contribution in [0, 0.1) is 0 Å². The number of carbonyl (C=O) groups is 1. The van der Waals surface area contributed by atoms with E-state index in [9.17, 15) is 18.3 Å². The molecule has 150 valence electrons. The summed E-state index contributed by atoms with van der Waals surface area (Å²) in [6.07, 6.45) is 2.73. The Labute approximate surface area is 169 Å². The fraction of sp³-hybridized carbons (Fsp3) is 0.227. The zero-order valence-electron chi connectivity index (χ0n) is 15.8. The van der Waals surface area contributed by atoms with Crippen LogP contribution in [0.15, 0.2) is 65.6 Å².